The maximum absolute atomic E-state index is 8.52. The Morgan fingerprint density at radius 2 is 2.04 bits per heavy atom. The average Bonchev–Trinajstić information content (AvgIpc) is 2.60. The molecule has 5 nitrogen and oxygen atoms in total. The Hall–Kier alpha value is -1.61. The quantitative estimate of drug-likeness (QED) is 0.666. The highest BCUT2D eigenvalue weighted by molar-refractivity contribution is 5.28. The molecule has 1 saturated heterocycles. The van der Waals surface area contributed by atoms with Crippen molar-refractivity contribution < 1.29 is 4.74 Å². The number of ether oxygens (including phenoxy) is 1. The number of piperazine rings is 1. The summed E-state index contributed by atoms with van der Waals surface area (Å²) >= 11 is 0. The summed E-state index contributed by atoms with van der Waals surface area (Å²) < 4.78 is 5.67. The van der Waals surface area contributed by atoms with Crippen LogP contribution in [0.5, 0.6) is 5.75 Å². The van der Waals surface area contributed by atoms with Gasteiger partial charge in [0.25, 0.3) is 0 Å². The van der Waals surface area contributed by atoms with Crippen molar-refractivity contribution in [3.05, 3.63) is 29.8 Å². The minimum absolute atomic E-state index is 0.550. The molecule has 0 radical (unpaired) electrons. The van der Waals surface area contributed by atoms with Gasteiger partial charge in [-0.05, 0) is 50.7 Å². The number of likely N-dealkylation sites (N-methyl/N-ethyl adjacent to an activating group) is 1. The topological polar surface area (TPSA) is 51.5 Å². The Morgan fingerprint density at radius 3 is 2.83 bits per heavy atom. The molecule has 0 spiro atoms. The van der Waals surface area contributed by atoms with E-state index in [0.717, 1.165) is 25.3 Å². The molecule has 0 atom stereocenters. The average molecular weight is 330 g/mol. The van der Waals surface area contributed by atoms with Crippen molar-refractivity contribution in [1.82, 2.24) is 15.1 Å². The molecule has 1 aromatic rings. The number of nitriles is 1. The maximum atomic E-state index is 8.52. The molecule has 1 fully saturated rings. The third kappa shape index (κ3) is 7.31. The van der Waals surface area contributed by atoms with Crippen LogP contribution in [0.2, 0.25) is 0 Å². The molecule has 24 heavy (non-hydrogen) atoms. The van der Waals surface area contributed by atoms with E-state index in [1.54, 1.807) is 0 Å². The summed E-state index contributed by atoms with van der Waals surface area (Å²) in [6, 6.07) is 10.3. The van der Waals surface area contributed by atoms with E-state index in [1.165, 1.54) is 44.7 Å². The molecule has 0 amide bonds. The van der Waals surface area contributed by atoms with Gasteiger partial charge in [-0.3, -0.25) is 0 Å². The number of rotatable bonds is 10. The fourth-order valence-corrected chi connectivity index (χ4v) is 2.82. The van der Waals surface area contributed by atoms with Gasteiger partial charge in [0.15, 0.2) is 0 Å². The van der Waals surface area contributed by atoms with Crippen LogP contribution in [-0.4, -0.2) is 62.7 Å². The van der Waals surface area contributed by atoms with E-state index < -0.39 is 0 Å². The van der Waals surface area contributed by atoms with Crippen LogP contribution in [0.15, 0.2) is 24.3 Å². The van der Waals surface area contributed by atoms with Crippen molar-refractivity contribution >= 4 is 0 Å². The van der Waals surface area contributed by atoms with Crippen molar-refractivity contribution in [1.29, 1.82) is 5.26 Å². The zero-order valence-electron chi connectivity index (χ0n) is 14.8. The third-order valence-electron chi connectivity index (χ3n) is 4.35. The second-order valence-corrected chi connectivity index (χ2v) is 6.43. The van der Waals surface area contributed by atoms with Crippen molar-refractivity contribution in [3.8, 4) is 11.8 Å². The number of nitrogens with one attached hydrogen (secondary N) is 1. The summed E-state index contributed by atoms with van der Waals surface area (Å²) in [7, 11) is 2.19. The van der Waals surface area contributed by atoms with Gasteiger partial charge < -0.3 is 19.9 Å². The fourth-order valence-electron chi connectivity index (χ4n) is 2.82. The first-order valence-corrected chi connectivity index (χ1v) is 8.98. The summed E-state index contributed by atoms with van der Waals surface area (Å²) in [5, 5.41) is 12.0. The van der Waals surface area contributed by atoms with Gasteiger partial charge in [-0.15, -0.1) is 0 Å². The lowest BCUT2D eigenvalue weighted by atomic mass is 10.2. The number of hydrogen-bond acceptors (Lipinski definition) is 5. The minimum atomic E-state index is 0.550. The van der Waals surface area contributed by atoms with Gasteiger partial charge in [-0.1, -0.05) is 12.1 Å². The van der Waals surface area contributed by atoms with E-state index in [1.807, 2.05) is 12.1 Å². The normalized spacial score (nSPS) is 16.0. The van der Waals surface area contributed by atoms with Crippen LogP contribution in [0, 0.1) is 11.3 Å². The lowest BCUT2D eigenvalue weighted by Crippen LogP contribution is -2.45. The molecular formula is C19H30N4O. The zero-order chi connectivity index (χ0) is 17.0. The van der Waals surface area contributed by atoms with Crippen molar-refractivity contribution in [2.75, 3.05) is 52.9 Å². The largest absolute Gasteiger partial charge is 0.494 e. The van der Waals surface area contributed by atoms with Crippen molar-refractivity contribution in [2.45, 2.75) is 25.8 Å². The maximum Gasteiger partial charge on any atom is 0.119 e. The zero-order valence-corrected chi connectivity index (χ0v) is 14.8. The summed E-state index contributed by atoms with van der Waals surface area (Å²) in [5.41, 5.74) is 1.24. The molecule has 0 saturated carbocycles. The lowest BCUT2D eigenvalue weighted by Gasteiger charge is -2.32. The monoisotopic (exact) mass is 330 g/mol. The van der Waals surface area contributed by atoms with Gasteiger partial charge in [0.1, 0.15) is 5.75 Å². The first-order chi connectivity index (χ1) is 11.8. The van der Waals surface area contributed by atoms with Crippen LogP contribution in [0.4, 0.5) is 0 Å². The molecule has 1 aliphatic rings. The Labute approximate surface area is 146 Å². The number of hydrogen-bond donors (Lipinski definition) is 1. The summed E-state index contributed by atoms with van der Waals surface area (Å²) in [6.45, 7) is 8.47. The lowest BCUT2D eigenvalue weighted by molar-refractivity contribution is 0.153. The van der Waals surface area contributed by atoms with E-state index in [4.69, 9.17) is 10.00 Å². The predicted octanol–water partition coefficient (Wildman–Crippen LogP) is 2.10. The molecule has 1 aromatic carbocycles. The third-order valence-corrected chi connectivity index (χ3v) is 4.35. The standard InChI is InChI=1S/C19H30N4O/c1-22-11-13-23(14-12-22)10-5-9-21-17-18-6-4-7-19(16-18)24-15-3-2-8-20/h4,6-7,16,21H,2-3,5,9-15,17H2,1H3. The van der Waals surface area contributed by atoms with Crippen LogP contribution >= 0.6 is 0 Å². The molecule has 132 valence electrons. The van der Waals surface area contributed by atoms with Gasteiger partial charge >= 0.3 is 0 Å². The molecular weight excluding hydrogens is 300 g/mol. The van der Waals surface area contributed by atoms with Crippen LogP contribution < -0.4 is 10.1 Å². The van der Waals surface area contributed by atoms with Crippen LogP contribution in [0.1, 0.15) is 24.8 Å². The minimum Gasteiger partial charge on any atom is -0.494 e. The molecule has 0 bridgehead atoms. The molecule has 1 heterocycles. The smallest absolute Gasteiger partial charge is 0.119 e. The fraction of sp³-hybridized carbons (Fsp3) is 0.632. The van der Waals surface area contributed by atoms with Crippen LogP contribution in [0.3, 0.4) is 0 Å². The van der Waals surface area contributed by atoms with Gasteiger partial charge in [0.2, 0.25) is 0 Å². The van der Waals surface area contributed by atoms with E-state index in [0.29, 0.717) is 13.0 Å². The van der Waals surface area contributed by atoms with Crippen LogP contribution in [0.25, 0.3) is 0 Å². The highest BCUT2D eigenvalue weighted by atomic mass is 16.5. The molecule has 1 aliphatic heterocycles. The predicted molar refractivity (Wildman–Crippen MR) is 97.0 cm³/mol. The second-order valence-electron chi connectivity index (χ2n) is 6.43. The van der Waals surface area contributed by atoms with Crippen molar-refractivity contribution in [2.24, 2.45) is 0 Å². The SMILES string of the molecule is CN1CCN(CCCNCc2cccc(OCCCC#N)c2)CC1. The van der Waals surface area contributed by atoms with Gasteiger partial charge in [-0.25, -0.2) is 0 Å². The number of benzene rings is 1. The highest BCUT2D eigenvalue weighted by Gasteiger charge is 2.12. The molecule has 1 N–H and O–H groups in total. The number of nitrogens with zero attached hydrogens (tertiary/aromatic N) is 3. The molecule has 2 rings (SSSR count). The van der Waals surface area contributed by atoms with E-state index in [-0.39, 0.29) is 0 Å². The first-order valence-electron chi connectivity index (χ1n) is 8.98. The first kappa shape index (κ1) is 18.7. The summed E-state index contributed by atoms with van der Waals surface area (Å²) in [5.74, 6) is 0.893. The number of unbranched alkanes of at least 4 members (excludes halogenated alkanes) is 1. The molecule has 5 heteroatoms. The molecule has 0 unspecified atom stereocenters. The Morgan fingerprint density at radius 1 is 1.21 bits per heavy atom. The van der Waals surface area contributed by atoms with E-state index >= 15 is 0 Å². The van der Waals surface area contributed by atoms with Gasteiger partial charge in [-0.2, -0.15) is 5.26 Å². The van der Waals surface area contributed by atoms with Gasteiger partial charge in [0, 0.05) is 39.1 Å². The second kappa shape index (κ2) is 11.0. The summed E-state index contributed by atoms with van der Waals surface area (Å²) in [4.78, 5) is 4.95. The van der Waals surface area contributed by atoms with Gasteiger partial charge in [0.05, 0.1) is 12.7 Å². The Bertz CT molecular complexity index is 506. The summed E-state index contributed by atoms with van der Waals surface area (Å²) in [6.07, 6.45) is 2.52. The molecule has 0 aliphatic carbocycles. The van der Waals surface area contributed by atoms with Crippen molar-refractivity contribution in [3.63, 3.8) is 0 Å². The Kier molecular flexibility index (Phi) is 8.61. The Balaban J connectivity index is 1.57. The molecule has 0 aromatic heterocycles. The van der Waals surface area contributed by atoms with E-state index in [2.05, 4.69) is 40.4 Å². The van der Waals surface area contributed by atoms with Crippen LogP contribution in [-0.2, 0) is 6.54 Å². The van der Waals surface area contributed by atoms with E-state index in [9.17, 15) is 0 Å². The highest BCUT2D eigenvalue weighted by Crippen LogP contribution is 2.13.